The van der Waals surface area contributed by atoms with Crippen LogP contribution in [0.4, 0.5) is 17.5 Å². The molecule has 0 radical (unpaired) electrons. The van der Waals surface area contributed by atoms with Crippen molar-refractivity contribution in [2.75, 3.05) is 17.4 Å². The molecule has 3 aromatic heterocycles. The van der Waals surface area contributed by atoms with Crippen molar-refractivity contribution in [1.82, 2.24) is 24.5 Å². The second-order valence-corrected chi connectivity index (χ2v) is 8.42. The number of pyridine rings is 1. The van der Waals surface area contributed by atoms with Crippen LogP contribution >= 0.6 is 0 Å². The van der Waals surface area contributed by atoms with E-state index in [0.29, 0.717) is 30.1 Å². The van der Waals surface area contributed by atoms with E-state index in [4.69, 9.17) is 24.4 Å². The minimum absolute atomic E-state index is 0.241. The Balaban J connectivity index is 1.36. The zero-order valence-electron chi connectivity index (χ0n) is 18.2. The molecule has 9 heteroatoms. The van der Waals surface area contributed by atoms with Crippen LogP contribution in [0.15, 0.2) is 49.1 Å². The quantitative estimate of drug-likeness (QED) is 0.438. The van der Waals surface area contributed by atoms with Crippen LogP contribution < -0.4 is 20.1 Å². The van der Waals surface area contributed by atoms with Gasteiger partial charge in [0.1, 0.15) is 0 Å². The van der Waals surface area contributed by atoms with Gasteiger partial charge in [-0.25, -0.2) is 4.98 Å². The van der Waals surface area contributed by atoms with Gasteiger partial charge in [-0.2, -0.15) is 9.97 Å². The van der Waals surface area contributed by atoms with Crippen molar-refractivity contribution in [3.8, 4) is 11.5 Å². The predicted octanol–water partition coefficient (Wildman–Crippen LogP) is 4.81. The SMILES string of the molecule is c1cncc(CNc2nc(Nc3ccc4c(c3)OCO4)c3ncn(C4CCCCC4)c3n2)c1. The lowest BCUT2D eigenvalue weighted by atomic mass is 9.95. The third kappa shape index (κ3) is 4.02. The van der Waals surface area contributed by atoms with E-state index in [9.17, 15) is 0 Å². The molecular weight excluding hydrogens is 418 g/mol. The number of aromatic nitrogens is 5. The Morgan fingerprint density at radius 2 is 1.94 bits per heavy atom. The van der Waals surface area contributed by atoms with Gasteiger partial charge in [0, 0.05) is 36.7 Å². The van der Waals surface area contributed by atoms with E-state index in [1.165, 1.54) is 19.3 Å². The van der Waals surface area contributed by atoms with Crippen LogP contribution in [0.25, 0.3) is 11.2 Å². The third-order valence-corrected chi connectivity index (χ3v) is 6.20. The molecular formula is C24H25N7O2. The number of imidazole rings is 1. The Labute approximate surface area is 191 Å². The first-order valence-electron chi connectivity index (χ1n) is 11.4. The van der Waals surface area contributed by atoms with Gasteiger partial charge in [-0.05, 0) is 36.6 Å². The number of nitrogens with zero attached hydrogens (tertiary/aromatic N) is 5. The first kappa shape index (κ1) is 19.8. The molecule has 0 atom stereocenters. The van der Waals surface area contributed by atoms with Crippen LogP contribution in [-0.4, -0.2) is 31.3 Å². The molecule has 168 valence electrons. The normalized spacial score (nSPS) is 15.6. The molecule has 0 spiro atoms. The van der Waals surface area contributed by atoms with Gasteiger partial charge in [-0.3, -0.25) is 4.98 Å². The Kier molecular flexibility index (Phi) is 5.14. The van der Waals surface area contributed by atoms with Crippen molar-refractivity contribution >= 4 is 28.6 Å². The summed E-state index contributed by atoms with van der Waals surface area (Å²) < 4.78 is 13.2. The van der Waals surface area contributed by atoms with E-state index in [2.05, 4.69) is 20.2 Å². The molecule has 4 aromatic rings. The molecule has 1 aromatic carbocycles. The van der Waals surface area contributed by atoms with Gasteiger partial charge in [0.2, 0.25) is 12.7 Å². The fraction of sp³-hybridized carbons (Fsp3) is 0.333. The van der Waals surface area contributed by atoms with E-state index in [1.807, 2.05) is 42.9 Å². The number of benzene rings is 1. The van der Waals surface area contributed by atoms with Crippen LogP contribution in [-0.2, 0) is 6.54 Å². The molecule has 0 amide bonds. The second kappa shape index (κ2) is 8.57. The molecule has 33 heavy (non-hydrogen) atoms. The number of nitrogens with one attached hydrogen (secondary N) is 2. The fourth-order valence-corrected chi connectivity index (χ4v) is 4.50. The van der Waals surface area contributed by atoms with Gasteiger partial charge in [-0.15, -0.1) is 0 Å². The van der Waals surface area contributed by atoms with Crippen LogP contribution in [0, 0.1) is 0 Å². The summed E-state index contributed by atoms with van der Waals surface area (Å²) in [6.07, 6.45) is 11.6. The maximum atomic E-state index is 5.53. The van der Waals surface area contributed by atoms with Crippen LogP contribution in [0.3, 0.4) is 0 Å². The van der Waals surface area contributed by atoms with E-state index in [0.717, 1.165) is 41.0 Å². The zero-order chi connectivity index (χ0) is 22.0. The highest BCUT2D eigenvalue weighted by Crippen LogP contribution is 2.36. The van der Waals surface area contributed by atoms with E-state index in [-0.39, 0.29) is 6.79 Å². The Bertz CT molecular complexity index is 1270. The molecule has 9 nitrogen and oxygen atoms in total. The van der Waals surface area contributed by atoms with Gasteiger partial charge in [-0.1, -0.05) is 25.3 Å². The summed E-state index contributed by atoms with van der Waals surface area (Å²) in [7, 11) is 0. The summed E-state index contributed by atoms with van der Waals surface area (Å²) in [5, 5.41) is 6.77. The largest absolute Gasteiger partial charge is 0.454 e. The number of ether oxygens (including phenoxy) is 2. The Hall–Kier alpha value is -3.88. The molecule has 2 N–H and O–H groups in total. The van der Waals surface area contributed by atoms with Gasteiger partial charge in [0.25, 0.3) is 0 Å². The van der Waals surface area contributed by atoms with Crippen molar-refractivity contribution in [3.63, 3.8) is 0 Å². The van der Waals surface area contributed by atoms with Gasteiger partial charge >= 0.3 is 0 Å². The summed E-state index contributed by atoms with van der Waals surface area (Å²) in [6.45, 7) is 0.825. The van der Waals surface area contributed by atoms with Crippen molar-refractivity contribution in [3.05, 3.63) is 54.6 Å². The molecule has 6 rings (SSSR count). The summed E-state index contributed by atoms with van der Waals surface area (Å²) >= 11 is 0. The predicted molar refractivity (Wildman–Crippen MR) is 125 cm³/mol. The topological polar surface area (TPSA) is 99.0 Å². The lowest BCUT2D eigenvalue weighted by Crippen LogP contribution is -2.13. The number of rotatable bonds is 6. The van der Waals surface area contributed by atoms with Crippen molar-refractivity contribution < 1.29 is 9.47 Å². The minimum Gasteiger partial charge on any atom is -0.454 e. The van der Waals surface area contributed by atoms with Crippen LogP contribution in [0.2, 0.25) is 0 Å². The van der Waals surface area contributed by atoms with E-state index < -0.39 is 0 Å². The molecule has 0 saturated heterocycles. The van der Waals surface area contributed by atoms with Crippen molar-refractivity contribution in [2.24, 2.45) is 0 Å². The Morgan fingerprint density at radius 3 is 2.82 bits per heavy atom. The average molecular weight is 444 g/mol. The first-order valence-corrected chi connectivity index (χ1v) is 11.4. The number of hydrogen-bond donors (Lipinski definition) is 2. The third-order valence-electron chi connectivity index (χ3n) is 6.20. The van der Waals surface area contributed by atoms with Crippen LogP contribution in [0.5, 0.6) is 11.5 Å². The average Bonchev–Trinajstić information content (AvgIpc) is 3.51. The van der Waals surface area contributed by atoms with Gasteiger partial charge in [0.15, 0.2) is 28.5 Å². The lowest BCUT2D eigenvalue weighted by molar-refractivity contribution is 0.174. The fourth-order valence-electron chi connectivity index (χ4n) is 4.50. The van der Waals surface area contributed by atoms with Crippen LogP contribution in [0.1, 0.15) is 43.7 Å². The minimum atomic E-state index is 0.241. The van der Waals surface area contributed by atoms with Crippen molar-refractivity contribution in [1.29, 1.82) is 0 Å². The monoisotopic (exact) mass is 443 g/mol. The highest BCUT2D eigenvalue weighted by atomic mass is 16.7. The molecule has 2 aliphatic rings. The first-order chi connectivity index (χ1) is 16.3. The van der Waals surface area contributed by atoms with E-state index in [1.54, 1.807) is 6.20 Å². The summed E-state index contributed by atoms with van der Waals surface area (Å²) in [5.74, 6) is 2.66. The lowest BCUT2D eigenvalue weighted by Gasteiger charge is -2.23. The zero-order valence-corrected chi connectivity index (χ0v) is 18.2. The maximum Gasteiger partial charge on any atom is 0.231 e. The summed E-state index contributed by atoms with van der Waals surface area (Å²) in [4.78, 5) is 18.5. The molecule has 4 heterocycles. The highest BCUT2D eigenvalue weighted by Gasteiger charge is 2.21. The maximum absolute atomic E-state index is 5.53. The Morgan fingerprint density at radius 1 is 1.03 bits per heavy atom. The summed E-state index contributed by atoms with van der Waals surface area (Å²) in [6, 6.07) is 10.1. The van der Waals surface area contributed by atoms with Gasteiger partial charge in [0.05, 0.1) is 6.33 Å². The number of hydrogen-bond acceptors (Lipinski definition) is 8. The molecule has 0 unspecified atom stereocenters. The van der Waals surface area contributed by atoms with E-state index >= 15 is 0 Å². The molecule has 1 fully saturated rings. The molecule has 1 aliphatic heterocycles. The standard InChI is InChI=1S/C24H25N7O2/c1-2-6-18(7-3-1)31-14-27-21-22(28-17-8-9-19-20(11-17)33-15-32-19)29-24(30-23(21)31)26-13-16-5-4-10-25-12-16/h4-5,8-12,14,18H,1-3,6-7,13,15H2,(H2,26,28,29,30). The van der Waals surface area contributed by atoms with Crippen molar-refractivity contribution in [2.45, 2.75) is 44.7 Å². The molecule has 1 aliphatic carbocycles. The molecule has 0 bridgehead atoms. The smallest absolute Gasteiger partial charge is 0.231 e. The summed E-state index contributed by atoms with van der Waals surface area (Å²) in [5.41, 5.74) is 3.51. The number of anilines is 3. The van der Waals surface area contributed by atoms with Gasteiger partial charge < -0.3 is 24.7 Å². The second-order valence-electron chi connectivity index (χ2n) is 8.42. The highest BCUT2D eigenvalue weighted by molar-refractivity contribution is 5.87. The molecule has 1 saturated carbocycles. The number of fused-ring (bicyclic) bond motifs is 2.